The summed E-state index contributed by atoms with van der Waals surface area (Å²) in [5.41, 5.74) is 2.22. The summed E-state index contributed by atoms with van der Waals surface area (Å²) in [7, 11) is 0. The molecule has 3 aromatic rings. The van der Waals surface area contributed by atoms with Crippen LogP contribution in [-0.2, 0) is 16.0 Å². The van der Waals surface area contributed by atoms with E-state index in [0.29, 0.717) is 34.5 Å². The minimum atomic E-state index is -0.651. The zero-order valence-electron chi connectivity index (χ0n) is 17.6. The van der Waals surface area contributed by atoms with Crippen LogP contribution in [0, 0.1) is 5.82 Å². The van der Waals surface area contributed by atoms with Gasteiger partial charge in [-0.1, -0.05) is 53.7 Å². The highest BCUT2D eigenvalue weighted by atomic mass is 35.5. The van der Waals surface area contributed by atoms with Crippen LogP contribution in [0.4, 0.5) is 15.8 Å². The van der Waals surface area contributed by atoms with Crippen LogP contribution in [0.1, 0.15) is 12.0 Å². The Hall–Kier alpha value is -3.16. The summed E-state index contributed by atoms with van der Waals surface area (Å²) in [6.07, 6.45) is 0.714. The lowest BCUT2D eigenvalue weighted by atomic mass is 10.1. The molecule has 1 atom stereocenters. The van der Waals surface area contributed by atoms with Gasteiger partial charge in [-0.25, -0.2) is 9.38 Å². The lowest BCUT2D eigenvalue weighted by Crippen LogP contribution is -2.46. The van der Waals surface area contributed by atoms with E-state index in [2.05, 4.69) is 10.3 Å². The normalized spacial score (nSPS) is 17.3. The van der Waals surface area contributed by atoms with E-state index >= 15 is 0 Å². The molecule has 0 aliphatic carbocycles. The van der Waals surface area contributed by atoms with Gasteiger partial charge in [0.2, 0.25) is 11.8 Å². The summed E-state index contributed by atoms with van der Waals surface area (Å²) >= 11 is 7.22. The molecule has 3 aromatic carbocycles. The predicted octanol–water partition coefficient (Wildman–Crippen LogP) is 5.68. The standard InChI is InChI=1S/C25H21ClFN3O2S/c26-18-6-10-21(11-7-18)29-25-30(15-14-17-4-2-1-3-5-17)23(31)16-22(33-25)24(32)28-20-12-8-19(27)9-13-20/h1-13,22H,14-16H2,(H,28,32)/t22-/m1/s1. The van der Waals surface area contributed by atoms with E-state index < -0.39 is 5.25 Å². The van der Waals surface area contributed by atoms with Crippen molar-refractivity contribution < 1.29 is 14.0 Å². The summed E-state index contributed by atoms with van der Waals surface area (Å²) < 4.78 is 13.2. The van der Waals surface area contributed by atoms with E-state index in [0.717, 1.165) is 5.56 Å². The molecule has 1 N–H and O–H groups in total. The fourth-order valence-electron chi connectivity index (χ4n) is 3.33. The quantitative estimate of drug-likeness (QED) is 0.492. The Morgan fingerprint density at radius 1 is 1.06 bits per heavy atom. The summed E-state index contributed by atoms with van der Waals surface area (Å²) in [6, 6.07) is 22.4. The number of carbonyl (C=O) groups excluding carboxylic acids is 2. The highest BCUT2D eigenvalue weighted by Gasteiger charge is 2.35. The largest absolute Gasteiger partial charge is 0.325 e. The summed E-state index contributed by atoms with van der Waals surface area (Å²) in [5.74, 6) is -0.884. The van der Waals surface area contributed by atoms with Crippen molar-refractivity contribution in [3.8, 4) is 0 Å². The summed E-state index contributed by atoms with van der Waals surface area (Å²) in [6.45, 7) is 0.453. The third-order valence-electron chi connectivity index (χ3n) is 5.06. The molecule has 0 saturated carbocycles. The zero-order valence-corrected chi connectivity index (χ0v) is 19.2. The molecule has 8 heteroatoms. The van der Waals surface area contributed by atoms with Crippen molar-refractivity contribution in [2.45, 2.75) is 18.1 Å². The number of halogens is 2. The number of nitrogens with zero attached hydrogens (tertiary/aromatic N) is 2. The molecule has 2 amide bonds. The van der Waals surface area contributed by atoms with Crippen molar-refractivity contribution in [1.82, 2.24) is 4.90 Å². The second kappa shape index (κ2) is 10.6. The van der Waals surface area contributed by atoms with Crippen molar-refractivity contribution in [2.24, 2.45) is 4.99 Å². The smallest absolute Gasteiger partial charge is 0.238 e. The number of anilines is 1. The molecular formula is C25H21ClFN3O2S. The van der Waals surface area contributed by atoms with Crippen molar-refractivity contribution >= 4 is 51.7 Å². The number of benzene rings is 3. The first-order chi connectivity index (χ1) is 16.0. The maximum absolute atomic E-state index is 13.2. The number of hydrogen-bond acceptors (Lipinski definition) is 4. The molecule has 0 aromatic heterocycles. The van der Waals surface area contributed by atoms with Crippen LogP contribution in [-0.4, -0.2) is 33.7 Å². The Morgan fingerprint density at radius 2 is 1.76 bits per heavy atom. The fraction of sp³-hybridized carbons (Fsp3) is 0.160. The highest BCUT2D eigenvalue weighted by Crippen LogP contribution is 2.30. The van der Waals surface area contributed by atoms with Gasteiger partial charge in [-0.15, -0.1) is 0 Å². The number of amidine groups is 1. The number of nitrogens with one attached hydrogen (secondary N) is 1. The molecule has 1 fully saturated rings. The van der Waals surface area contributed by atoms with Gasteiger partial charge < -0.3 is 5.32 Å². The first-order valence-corrected chi connectivity index (χ1v) is 11.7. The van der Waals surface area contributed by atoms with Crippen LogP contribution in [0.2, 0.25) is 5.02 Å². The van der Waals surface area contributed by atoms with E-state index in [4.69, 9.17) is 11.6 Å². The van der Waals surface area contributed by atoms with Gasteiger partial charge in [0, 0.05) is 23.7 Å². The minimum Gasteiger partial charge on any atom is -0.325 e. The molecule has 33 heavy (non-hydrogen) atoms. The molecule has 0 unspecified atom stereocenters. The number of hydrogen-bond donors (Lipinski definition) is 1. The van der Waals surface area contributed by atoms with Crippen LogP contribution in [0.3, 0.4) is 0 Å². The third-order valence-corrected chi connectivity index (χ3v) is 6.50. The van der Waals surface area contributed by atoms with Crippen LogP contribution in [0.25, 0.3) is 0 Å². The number of thioether (sulfide) groups is 1. The maximum atomic E-state index is 13.2. The van der Waals surface area contributed by atoms with Gasteiger partial charge in [-0.3, -0.25) is 14.5 Å². The van der Waals surface area contributed by atoms with Crippen molar-refractivity contribution in [3.63, 3.8) is 0 Å². The Morgan fingerprint density at radius 3 is 2.45 bits per heavy atom. The molecule has 168 valence electrons. The minimum absolute atomic E-state index is 0.0477. The second-order valence-electron chi connectivity index (χ2n) is 7.46. The maximum Gasteiger partial charge on any atom is 0.238 e. The second-order valence-corrected chi connectivity index (χ2v) is 9.06. The van der Waals surface area contributed by atoms with E-state index in [1.54, 1.807) is 29.2 Å². The van der Waals surface area contributed by atoms with Crippen LogP contribution < -0.4 is 5.32 Å². The Labute approximate surface area is 200 Å². The number of amides is 2. The molecule has 0 spiro atoms. The zero-order chi connectivity index (χ0) is 23.2. The molecular weight excluding hydrogens is 461 g/mol. The molecule has 5 nitrogen and oxygen atoms in total. The van der Waals surface area contributed by atoms with Crippen LogP contribution >= 0.6 is 23.4 Å². The predicted molar refractivity (Wildman–Crippen MR) is 131 cm³/mol. The first-order valence-electron chi connectivity index (χ1n) is 10.4. The topological polar surface area (TPSA) is 61.8 Å². The lowest BCUT2D eigenvalue weighted by Gasteiger charge is -2.32. The van der Waals surface area contributed by atoms with Crippen molar-refractivity contribution in [1.29, 1.82) is 0 Å². The molecule has 4 rings (SSSR count). The molecule has 1 aliphatic heterocycles. The third kappa shape index (κ3) is 6.21. The van der Waals surface area contributed by atoms with Gasteiger partial charge in [0.05, 0.1) is 5.69 Å². The van der Waals surface area contributed by atoms with Gasteiger partial charge in [-0.05, 0) is 60.5 Å². The monoisotopic (exact) mass is 481 g/mol. The summed E-state index contributed by atoms with van der Waals surface area (Å²) in [5, 5.41) is 3.15. The molecule has 0 radical (unpaired) electrons. The fourth-order valence-corrected chi connectivity index (χ4v) is 4.58. The van der Waals surface area contributed by atoms with Crippen LogP contribution in [0.15, 0.2) is 83.9 Å². The van der Waals surface area contributed by atoms with E-state index in [1.165, 1.54) is 36.0 Å². The lowest BCUT2D eigenvalue weighted by molar-refractivity contribution is -0.129. The Kier molecular flexibility index (Phi) is 7.42. The number of aliphatic imine (C=N–C) groups is 1. The molecule has 0 bridgehead atoms. The molecule has 1 heterocycles. The molecule has 1 saturated heterocycles. The average Bonchev–Trinajstić information content (AvgIpc) is 2.82. The average molecular weight is 482 g/mol. The van der Waals surface area contributed by atoms with Gasteiger partial charge in [-0.2, -0.15) is 0 Å². The number of carbonyl (C=O) groups is 2. The van der Waals surface area contributed by atoms with Crippen LogP contribution in [0.5, 0.6) is 0 Å². The highest BCUT2D eigenvalue weighted by molar-refractivity contribution is 8.15. The Balaban J connectivity index is 1.54. The summed E-state index contributed by atoms with van der Waals surface area (Å²) in [4.78, 5) is 32.2. The first kappa shape index (κ1) is 23.0. The van der Waals surface area contributed by atoms with Gasteiger partial charge in [0.1, 0.15) is 11.1 Å². The number of rotatable bonds is 6. The SMILES string of the molecule is O=C(Nc1ccc(F)cc1)[C@H]1CC(=O)N(CCc2ccccc2)C(=Nc2ccc(Cl)cc2)S1. The van der Waals surface area contributed by atoms with Gasteiger partial charge >= 0.3 is 0 Å². The van der Waals surface area contributed by atoms with Crippen molar-refractivity contribution in [2.75, 3.05) is 11.9 Å². The molecule has 1 aliphatic rings. The van der Waals surface area contributed by atoms with Gasteiger partial charge in [0.15, 0.2) is 5.17 Å². The van der Waals surface area contributed by atoms with E-state index in [9.17, 15) is 14.0 Å². The Bertz CT molecular complexity index is 1150. The van der Waals surface area contributed by atoms with Gasteiger partial charge in [0.25, 0.3) is 0 Å². The van der Waals surface area contributed by atoms with Crippen molar-refractivity contribution in [3.05, 3.63) is 95.3 Å². The van der Waals surface area contributed by atoms with E-state index in [1.807, 2.05) is 30.3 Å². The van der Waals surface area contributed by atoms with E-state index in [-0.39, 0.29) is 24.1 Å².